The van der Waals surface area contributed by atoms with Crippen molar-refractivity contribution < 1.29 is 9.66 Å². The summed E-state index contributed by atoms with van der Waals surface area (Å²) in [6, 6.07) is 11.4. The van der Waals surface area contributed by atoms with E-state index in [1.165, 1.54) is 13.2 Å². The van der Waals surface area contributed by atoms with Crippen LogP contribution in [0.25, 0.3) is 16.0 Å². The number of rotatable bonds is 3. The van der Waals surface area contributed by atoms with Crippen LogP contribution in [0.3, 0.4) is 0 Å². The van der Waals surface area contributed by atoms with Crippen LogP contribution in [0.5, 0.6) is 5.75 Å². The van der Waals surface area contributed by atoms with Crippen LogP contribution >= 0.6 is 0 Å². The number of benzene rings is 2. The Balaban J connectivity index is 2.61. The highest BCUT2D eigenvalue weighted by Gasteiger charge is 2.16. The van der Waals surface area contributed by atoms with Gasteiger partial charge in [-0.25, -0.2) is 4.85 Å². The van der Waals surface area contributed by atoms with E-state index in [0.29, 0.717) is 16.9 Å². The van der Waals surface area contributed by atoms with Crippen molar-refractivity contribution in [2.45, 2.75) is 0 Å². The predicted molar refractivity (Wildman–Crippen MR) is 71.3 cm³/mol. The largest absolute Gasteiger partial charge is 0.497 e. The Hall–Kier alpha value is -2.87. The summed E-state index contributed by atoms with van der Waals surface area (Å²) < 4.78 is 5.10. The van der Waals surface area contributed by atoms with E-state index < -0.39 is 4.92 Å². The molecule has 2 aromatic rings. The van der Waals surface area contributed by atoms with Gasteiger partial charge in [0.1, 0.15) is 5.75 Å². The Morgan fingerprint density at radius 1 is 1.26 bits per heavy atom. The smallest absolute Gasteiger partial charge is 0.267 e. The molecule has 0 aliphatic rings. The number of hydrogen-bond acceptors (Lipinski definition) is 3. The van der Waals surface area contributed by atoms with Crippen LogP contribution in [0.15, 0.2) is 42.5 Å². The second kappa shape index (κ2) is 5.19. The van der Waals surface area contributed by atoms with E-state index in [4.69, 9.17) is 11.3 Å². The lowest BCUT2D eigenvalue weighted by atomic mass is 10.0. The van der Waals surface area contributed by atoms with E-state index in [-0.39, 0.29) is 11.4 Å². The number of nitrogens with zero attached hydrogens (tertiary/aromatic N) is 2. The maximum atomic E-state index is 11.1. The molecule has 0 radical (unpaired) electrons. The van der Waals surface area contributed by atoms with E-state index in [1.807, 2.05) is 0 Å². The van der Waals surface area contributed by atoms with Crippen LogP contribution in [0.4, 0.5) is 11.4 Å². The number of nitro groups is 1. The van der Waals surface area contributed by atoms with Gasteiger partial charge in [0.2, 0.25) is 0 Å². The third-order valence-electron chi connectivity index (χ3n) is 2.69. The molecule has 5 heteroatoms. The molecular weight excluding hydrogens is 244 g/mol. The van der Waals surface area contributed by atoms with Gasteiger partial charge in [-0.1, -0.05) is 24.3 Å². The highest BCUT2D eigenvalue weighted by molar-refractivity contribution is 5.77. The molecule has 0 N–H and O–H groups in total. The average Bonchev–Trinajstić information content (AvgIpc) is 2.46. The number of ether oxygens (including phenoxy) is 1. The molecule has 19 heavy (non-hydrogen) atoms. The second-order valence-electron chi connectivity index (χ2n) is 3.80. The van der Waals surface area contributed by atoms with Gasteiger partial charge in [-0.05, 0) is 17.7 Å². The maximum Gasteiger partial charge on any atom is 0.267 e. The van der Waals surface area contributed by atoms with Gasteiger partial charge in [-0.2, -0.15) is 0 Å². The first kappa shape index (κ1) is 12.6. The Morgan fingerprint density at radius 3 is 2.68 bits per heavy atom. The van der Waals surface area contributed by atoms with Crippen LogP contribution in [-0.2, 0) is 0 Å². The monoisotopic (exact) mass is 254 g/mol. The van der Waals surface area contributed by atoms with Crippen molar-refractivity contribution >= 4 is 11.4 Å². The third-order valence-corrected chi connectivity index (χ3v) is 2.69. The lowest BCUT2D eigenvalue weighted by Gasteiger charge is -2.06. The van der Waals surface area contributed by atoms with Gasteiger partial charge >= 0.3 is 0 Å². The fourth-order valence-electron chi connectivity index (χ4n) is 1.78. The normalized spacial score (nSPS) is 9.68. The van der Waals surface area contributed by atoms with Crippen LogP contribution in [0.2, 0.25) is 0 Å². The standard InChI is InChI=1S/C14H10N2O3/c1-15-11-6-7-13(14(9-11)16(17)18)10-4-3-5-12(8-10)19-2/h3-9H,2H3. The average molecular weight is 254 g/mol. The van der Waals surface area contributed by atoms with E-state index >= 15 is 0 Å². The fraction of sp³-hybridized carbons (Fsp3) is 0.0714. The van der Waals surface area contributed by atoms with E-state index in [9.17, 15) is 10.1 Å². The molecule has 0 spiro atoms. The van der Waals surface area contributed by atoms with E-state index in [0.717, 1.165) is 0 Å². The minimum Gasteiger partial charge on any atom is -0.497 e. The van der Waals surface area contributed by atoms with E-state index in [1.54, 1.807) is 36.4 Å². The van der Waals surface area contributed by atoms with Gasteiger partial charge in [0, 0.05) is 6.07 Å². The molecule has 0 bridgehead atoms. The molecule has 0 atom stereocenters. The molecule has 0 amide bonds. The summed E-state index contributed by atoms with van der Waals surface area (Å²) in [5.41, 5.74) is 1.32. The summed E-state index contributed by atoms with van der Waals surface area (Å²) in [4.78, 5) is 13.8. The van der Waals surface area contributed by atoms with Crippen LogP contribution in [0.1, 0.15) is 0 Å². The maximum absolute atomic E-state index is 11.1. The van der Waals surface area contributed by atoms with Gasteiger partial charge in [0.05, 0.1) is 24.2 Å². The van der Waals surface area contributed by atoms with Crippen molar-refractivity contribution in [3.63, 3.8) is 0 Å². The van der Waals surface area contributed by atoms with Gasteiger partial charge in [-0.3, -0.25) is 10.1 Å². The molecule has 0 fully saturated rings. The first-order chi connectivity index (χ1) is 9.15. The molecule has 2 rings (SSSR count). The zero-order chi connectivity index (χ0) is 13.8. The molecule has 0 saturated carbocycles. The molecule has 5 nitrogen and oxygen atoms in total. The fourth-order valence-corrected chi connectivity index (χ4v) is 1.78. The number of nitro benzene ring substituents is 1. The topological polar surface area (TPSA) is 56.7 Å². The van der Waals surface area contributed by atoms with Gasteiger partial charge in [0.15, 0.2) is 5.69 Å². The molecule has 0 aromatic heterocycles. The van der Waals surface area contributed by atoms with Crippen LogP contribution in [0, 0.1) is 16.7 Å². The van der Waals surface area contributed by atoms with Gasteiger partial charge < -0.3 is 4.74 Å². The Kier molecular flexibility index (Phi) is 3.44. The third kappa shape index (κ3) is 2.53. The zero-order valence-corrected chi connectivity index (χ0v) is 10.2. The molecule has 2 aromatic carbocycles. The van der Waals surface area contributed by atoms with Gasteiger partial charge in [0.25, 0.3) is 5.69 Å². The first-order valence-corrected chi connectivity index (χ1v) is 5.46. The summed E-state index contributed by atoms with van der Waals surface area (Å²) in [5.74, 6) is 0.626. The lowest BCUT2D eigenvalue weighted by molar-refractivity contribution is -0.384. The summed E-state index contributed by atoms with van der Waals surface area (Å²) in [6.45, 7) is 6.90. The summed E-state index contributed by atoms with van der Waals surface area (Å²) >= 11 is 0. The minimum atomic E-state index is -0.483. The Labute approximate surface area is 110 Å². The summed E-state index contributed by atoms with van der Waals surface area (Å²) in [6.07, 6.45) is 0. The van der Waals surface area contributed by atoms with Crippen LogP contribution in [-0.4, -0.2) is 12.0 Å². The SMILES string of the molecule is [C-]#[N+]c1ccc(-c2cccc(OC)c2)c([N+](=O)[O-])c1. The molecule has 0 aliphatic heterocycles. The molecule has 94 valence electrons. The molecule has 0 saturated heterocycles. The van der Waals surface area contributed by atoms with Crippen molar-refractivity contribution in [2.75, 3.05) is 7.11 Å². The van der Waals surface area contributed by atoms with E-state index in [2.05, 4.69) is 4.85 Å². The lowest BCUT2D eigenvalue weighted by Crippen LogP contribution is -1.92. The Bertz CT molecular complexity index is 675. The summed E-state index contributed by atoms with van der Waals surface area (Å²) in [5, 5.41) is 11.1. The molecular formula is C14H10N2O3. The molecule has 0 aliphatic carbocycles. The van der Waals surface area contributed by atoms with Crippen molar-refractivity contribution in [3.8, 4) is 16.9 Å². The van der Waals surface area contributed by atoms with Crippen molar-refractivity contribution in [1.82, 2.24) is 0 Å². The highest BCUT2D eigenvalue weighted by atomic mass is 16.6. The summed E-state index contributed by atoms with van der Waals surface area (Å²) in [7, 11) is 1.54. The van der Waals surface area contributed by atoms with Gasteiger partial charge in [-0.15, -0.1) is 0 Å². The van der Waals surface area contributed by atoms with Crippen molar-refractivity contribution in [1.29, 1.82) is 0 Å². The predicted octanol–water partition coefficient (Wildman–Crippen LogP) is 3.82. The second-order valence-corrected chi connectivity index (χ2v) is 3.80. The van der Waals surface area contributed by atoms with Crippen molar-refractivity contribution in [2.24, 2.45) is 0 Å². The highest BCUT2D eigenvalue weighted by Crippen LogP contribution is 2.34. The quantitative estimate of drug-likeness (QED) is 0.475. The minimum absolute atomic E-state index is 0.0817. The molecule has 0 unspecified atom stereocenters. The van der Waals surface area contributed by atoms with Crippen LogP contribution < -0.4 is 4.74 Å². The number of methoxy groups -OCH3 is 1. The molecule has 0 heterocycles. The van der Waals surface area contributed by atoms with Crippen molar-refractivity contribution in [3.05, 3.63) is 64.0 Å². The Morgan fingerprint density at radius 2 is 2.05 bits per heavy atom. The zero-order valence-electron chi connectivity index (χ0n) is 10.2. The number of hydrogen-bond donors (Lipinski definition) is 0. The first-order valence-electron chi connectivity index (χ1n) is 5.46.